The predicted molar refractivity (Wildman–Crippen MR) is 106 cm³/mol. The maximum atomic E-state index is 12.7. The Morgan fingerprint density at radius 1 is 0.714 bits per heavy atom. The van der Waals surface area contributed by atoms with Crippen molar-refractivity contribution in [3.63, 3.8) is 0 Å². The molecule has 0 aliphatic rings. The van der Waals surface area contributed by atoms with E-state index in [4.69, 9.17) is 0 Å². The van der Waals surface area contributed by atoms with E-state index in [1.807, 2.05) is 0 Å². The fourth-order valence-corrected chi connectivity index (χ4v) is 5.04. The van der Waals surface area contributed by atoms with E-state index in [0.29, 0.717) is 5.56 Å². The molecule has 28 heavy (non-hydrogen) atoms. The topological polar surface area (TPSA) is 97.4 Å². The quantitative estimate of drug-likeness (QED) is 0.621. The highest BCUT2D eigenvalue weighted by molar-refractivity contribution is 7.93. The number of ketones is 1. The van der Waals surface area contributed by atoms with Gasteiger partial charge in [-0.2, -0.15) is 0 Å². The Morgan fingerprint density at radius 3 is 1.89 bits per heavy atom. The summed E-state index contributed by atoms with van der Waals surface area (Å²) in [6, 6.07) is 18.9. The maximum Gasteiger partial charge on any atom is 0.261 e. The van der Waals surface area contributed by atoms with Crippen molar-refractivity contribution in [1.29, 1.82) is 0 Å². The van der Waals surface area contributed by atoms with Crippen molar-refractivity contribution in [2.45, 2.75) is 21.6 Å². The lowest BCUT2D eigenvalue weighted by Crippen LogP contribution is -2.14. The molecule has 0 fully saturated rings. The highest BCUT2D eigenvalue weighted by Crippen LogP contribution is 2.24. The first-order valence-electron chi connectivity index (χ1n) is 8.24. The first kappa shape index (κ1) is 19.8. The van der Waals surface area contributed by atoms with Gasteiger partial charge < -0.3 is 0 Å². The van der Waals surface area contributed by atoms with Crippen LogP contribution in [-0.2, 0) is 19.9 Å². The molecule has 0 spiro atoms. The molecule has 3 aromatic carbocycles. The fraction of sp³-hybridized carbons (Fsp3) is 0.0500. The van der Waals surface area contributed by atoms with E-state index < -0.39 is 19.9 Å². The van der Waals surface area contributed by atoms with Crippen molar-refractivity contribution in [2.24, 2.45) is 0 Å². The van der Waals surface area contributed by atoms with Crippen LogP contribution in [0.4, 0.5) is 5.69 Å². The Labute approximate surface area is 163 Å². The Hall–Kier alpha value is -2.97. The standard InChI is InChI=1S/C20H17NO5S2/c1-15(22)16-10-12-17(13-11-16)21-28(25,26)20-9-5-8-19(14-20)27(23,24)18-6-3-2-4-7-18/h2-14,21H,1H3. The van der Waals surface area contributed by atoms with Crippen LogP contribution in [0.5, 0.6) is 0 Å². The number of Topliss-reactive ketones (excluding diaryl/α,β-unsaturated/α-hetero) is 1. The van der Waals surface area contributed by atoms with Gasteiger partial charge in [-0.3, -0.25) is 9.52 Å². The molecule has 8 heteroatoms. The van der Waals surface area contributed by atoms with E-state index in [-0.39, 0.29) is 26.2 Å². The maximum absolute atomic E-state index is 12.7. The minimum atomic E-state index is -4.01. The molecular weight excluding hydrogens is 398 g/mol. The molecule has 0 aliphatic carbocycles. The molecule has 0 unspecified atom stereocenters. The Balaban J connectivity index is 1.93. The molecule has 0 saturated carbocycles. The molecule has 0 aromatic heterocycles. The van der Waals surface area contributed by atoms with Crippen molar-refractivity contribution in [3.05, 3.63) is 84.4 Å². The monoisotopic (exact) mass is 415 g/mol. The predicted octanol–water partition coefficient (Wildman–Crippen LogP) is 3.52. The Morgan fingerprint density at radius 2 is 1.29 bits per heavy atom. The van der Waals surface area contributed by atoms with Gasteiger partial charge in [0, 0.05) is 11.3 Å². The van der Waals surface area contributed by atoms with Crippen LogP contribution in [0.3, 0.4) is 0 Å². The van der Waals surface area contributed by atoms with E-state index in [9.17, 15) is 21.6 Å². The second kappa shape index (κ2) is 7.57. The number of sulfonamides is 1. The number of carbonyl (C=O) groups excluding carboxylic acids is 1. The normalized spacial score (nSPS) is 11.8. The number of sulfone groups is 1. The molecule has 0 radical (unpaired) electrons. The molecule has 0 saturated heterocycles. The van der Waals surface area contributed by atoms with Crippen LogP contribution in [0.2, 0.25) is 0 Å². The molecule has 144 valence electrons. The van der Waals surface area contributed by atoms with E-state index >= 15 is 0 Å². The molecule has 1 N–H and O–H groups in total. The van der Waals surface area contributed by atoms with Gasteiger partial charge in [0.05, 0.1) is 14.7 Å². The third-order valence-electron chi connectivity index (χ3n) is 4.02. The highest BCUT2D eigenvalue weighted by Gasteiger charge is 2.21. The van der Waals surface area contributed by atoms with Crippen molar-refractivity contribution < 1.29 is 21.6 Å². The second-order valence-corrected chi connectivity index (χ2v) is 9.66. The van der Waals surface area contributed by atoms with Crippen molar-refractivity contribution in [3.8, 4) is 0 Å². The number of hydrogen-bond acceptors (Lipinski definition) is 5. The summed E-state index contributed by atoms with van der Waals surface area (Å²) in [5.74, 6) is -0.131. The molecular formula is C20H17NO5S2. The summed E-state index contributed by atoms with van der Waals surface area (Å²) in [7, 11) is -7.85. The second-order valence-electron chi connectivity index (χ2n) is 6.03. The highest BCUT2D eigenvalue weighted by atomic mass is 32.2. The number of hydrogen-bond donors (Lipinski definition) is 1. The summed E-state index contributed by atoms with van der Waals surface area (Å²) in [4.78, 5) is 11.1. The number of anilines is 1. The largest absolute Gasteiger partial charge is 0.295 e. The average molecular weight is 415 g/mol. The van der Waals surface area contributed by atoms with Gasteiger partial charge in [-0.15, -0.1) is 0 Å². The molecule has 0 amide bonds. The summed E-state index contributed by atoms with van der Waals surface area (Å²) in [5.41, 5.74) is 0.722. The minimum Gasteiger partial charge on any atom is -0.295 e. The van der Waals surface area contributed by atoms with Crippen LogP contribution in [0.15, 0.2) is 93.5 Å². The van der Waals surface area contributed by atoms with Crippen molar-refractivity contribution in [2.75, 3.05) is 4.72 Å². The lowest BCUT2D eigenvalue weighted by molar-refractivity contribution is 0.101. The molecule has 0 aliphatic heterocycles. The Bertz CT molecular complexity index is 1220. The van der Waals surface area contributed by atoms with Crippen LogP contribution < -0.4 is 4.72 Å². The summed E-state index contributed by atoms with van der Waals surface area (Å²) < 4.78 is 53.2. The van der Waals surface area contributed by atoms with Crippen LogP contribution >= 0.6 is 0 Å². The van der Waals surface area contributed by atoms with Gasteiger partial charge in [-0.1, -0.05) is 24.3 Å². The van der Waals surface area contributed by atoms with Crippen LogP contribution in [0.1, 0.15) is 17.3 Å². The van der Waals surface area contributed by atoms with Crippen LogP contribution in [0.25, 0.3) is 0 Å². The van der Waals surface area contributed by atoms with Gasteiger partial charge in [-0.25, -0.2) is 16.8 Å². The third kappa shape index (κ3) is 4.13. The number of rotatable bonds is 6. The van der Waals surface area contributed by atoms with E-state index in [1.165, 1.54) is 61.5 Å². The zero-order valence-electron chi connectivity index (χ0n) is 14.9. The number of nitrogens with one attached hydrogen (secondary N) is 1. The zero-order valence-corrected chi connectivity index (χ0v) is 16.5. The van der Waals surface area contributed by atoms with E-state index in [2.05, 4.69) is 4.72 Å². The zero-order chi connectivity index (χ0) is 20.4. The van der Waals surface area contributed by atoms with Gasteiger partial charge in [-0.05, 0) is 61.5 Å². The summed E-state index contributed by atoms with van der Waals surface area (Å²) >= 11 is 0. The van der Waals surface area contributed by atoms with Gasteiger partial charge in [0.2, 0.25) is 9.84 Å². The molecule has 3 rings (SSSR count). The molecule has 6 nitrogen and oxygen atoms in total. The van der Waals surface area contributed by atoms with Gasteiger partial charge in [0.1, 0.15) is 0 Å². The first-order chi connectivity index (χ1) is 13.2. The molecule has 0 heterocycles. The number of benzene rings is 3. The summed E-state index contributed by atoms with van der Waals surface area (Å²) in [6.45, 7) is 1.41. The lowest BCUT2D eigenvalue weighted by Gasteiger charge is -2.10. The smallest absolute Gasteiger partial charge is 0.261 e. The van der Waals surface area contributed by atoms with Crippen LogP contribution in [0, 0.1) is 0 Å². The molecule has 0 bridgehead atoms. The SMILES string of the molecule is CC(=O)c1ccc(NS(=O)(=O)c2cccc(S(=O)(=O)c3ccccc3)c2)cc1. The third-order valence-corrected chi connectivity index (χ3v) is 7.17. The average Bonchev–Trinajstić information content (AvgIpc) is 2.69. The van der Waals surface area contributed by atoms with Crippen molar-refractivity contribution in [1.82, 2.24) is 0 Å². The van der Waals surface area contributed by atoms with Gasteiger partial charge in [0.15, 0.2) is 5.78 Å². The van der Waals surface area contributed by atoms with Crippen LogP contribution in [-0.4, -0.2) is 22.6 Å². The molecule has 3 aromatic rings. The minimum absolute atomic E-state index is 0.0809. The van der Waals surface area contributed by atoms with Gasteiger partial charge >= 0.3 is 0 Å². The van der Waals surface area contributed by atoms with Gasteiger partial charge in [0.25, 0.3) is 10.0 Å². The fourth-order valence-electron chi connectivity index (χ4n) is 2.53. The number of carbonyl (C=O) groups is 1. The molecule has 0 atom stereocenters. The summed E-state index contributed by atoms with van der Waals surface area (Å²) in [5, 5.41) is 0. The van der Waals surface area contributed by atoms with Crippen molar-refractivity contribution >= 4 is 31.3 Å². The summed E-state index contributed by atoms with van der Waals surface area (Å²) in [6.07, 6.45) is 0. The first-order valence-corrected chi connectivity index (χ1v) is 11.2. The van der Waals surface area contributed by atoms with E-state index in [1.54, 1.807) is 18.2 Å². The van der Waals surface area contributed by atoms with E-state index in [0.717, 1.165) is 6.07 Å². The Kier molecular flexibility index (Phi) is 5.35. The lowest BCUT2D eigenvalue weighted by atomic mass is 10.1.